The summed E-state index contributed by atoms with van der Waals surface area (Å²) in [5, 5.41) is 3.36. The van der Waals surface area contributed by atoms with Gasteiger partial charge in [0.25, 0.3) is 0 Å². The monoisotopic (exact) mass is 265 g/mol. The zero-order valence-corrected chi connectivity index (χ0v) is 12.0. The minimum absolute atomic E-state index is 0.0633. The number of nitrogens with zero attached hydrogens (tertiary/aromatic N) is 2. The van der Waals surface area contributed by atoms with Crippen LogP contribution in [0.1, 0.15) is 32.9 Å². The molecule has 0 radical (unpaired) electrons. The largest absolute Gasteiger partial charge is 0.475 e. The molecule has 1 saturated heterocycles. The molecule has 1 aromatic heterocycles. The van der Waals surface area contributed by atoms with Gasteiger partial charge in [-0.15, -0.1) is 0 Å². The summed E-state index contributed by atoms with van der Waals surface area (Å²) in [5.41, 5.74) is 0.890. The molecule has 106 valence electrons. The molecule has 1 unspecified atom stereocenters. The van der Waals surface area contributed by atoms with E-state index in [1.54, 1.807) is 6.33 Å². The third kappa shape index (κ3) is 4.44. The lowest BCUT2D eigenvalue weighted by Crippen LogP contribution is -2.52. The molecule has 2 heterocycles. The second-order valence-electron chi connectivity index (χ2n) is 5.54. The van der Waals surface area contributed by atoms with Crippen molar-refractivity contribution in [3.05, 3.63) is 18.1 Å². The summed E-state index contributed by atoms with van der Waals surface area (Å²) in [7, 11) is 0. The molecule has 1 fully saturated rings. The lowest BCUT2D eigenvalue weighted by molar-refractivity contribution is -0.107. The summed E-state index contributed by atoms with van der Waals surface area (Å²) < 4.78 is 11.7. The Morgan fingerprint density at radius 1 is 1.47 bits per heavy atom. The lowest BCUT2D eigenvalue weighted by atomic mass is 10.1. The number of morpholine rings is 1. The molecule has 0 aliphatic carbocycles. The first-order valence-corrected chi connectivity index (χ1v) is 6.91. The van der Waals surface area contributed by atoms with Gasteiger partial charge in [-0.3, -0.25) is 0 Å². The Bertz CT molecular complexity index is 409. The number of aromatic nitrogens is 2. The highest BCUT2D eigenvalue weighted by Gasteiger charge is 2.28. The maximum Gasteiger partial charge on any atom is 0.216 e. The fourth-order valence-electron chi connectivity index (χ4n) is 2.19. The summed E-state index contributed by atoms with van der Waals surface area (Å²) in [4.78, 5) is 8.35. The molecule has 1 aliphatic rings. The number of hydrogen-bond donors (Lipinski definition) is 1. The number of aryl methyl sites for hydroxylation is 1. The molecule has 0 aromatic carbocycles. The highest BCUT2D eigenvalue weighted by Crippen LogP contribution is 2.16. The van der Waals surface area contributed by atoms with E-state index in [9.17, 15) is 0 Å². The smallest absolute Gasteiger partial charge is 0.216 e. The van der Waals surface area contributed by atoms with Gasteiger partial charge in [-0.05, 0) is 20.3 Å². The van der Waals surface area contributed by atoms with Gasteiger partial charge in [0.05, 0.1) is 5.60 Å². The van der Waals surface area contributed by atoms with Gasteiger partial charge in [-0.1, -0.05) is 13.3 Å². The fourth-order valence-corrected chi connectivity index (χ4v) is 2.19. The van der Waals surface area contributed by atoms with Gasteiger partial charge in [0, 0.05) is 24.8 Å². The Morgan fingerprint density at radius 3 is 3.05 bits per heavy atom. The molecule has 5 heteroatoms. The van der Waals surface area contributed by atoms with E-state index in [4.69, 9.17) is 9.47 Å². The van der Waals surface area contributed by atoms with Crippen LogP contribution in [-0.2, 0) is 11.2 Å². The van der Waals surface area contributed by atoms with E-state index in [0.29, 0.717) is 12.5 Å². The Hall–Kier alpha value is -1.20. The number of ether oxygens (including phenoxy) is 2. The topological polar surface area (TPSA) is 56.3 Å². The highest BCUT2D eigenvalue weighted by atomic mass is 16.6. The third-order valence-electron chi connectivity index (χ3n) is 3.03. The van der Waals surface area contributed by atoms with Crippen molar-refractivity contribution < 1.29 is 9.47 Å². The van der Waals surface area contributed by atoms with Crippen LogP contribution in [0.15, 0.2) is 12.4 Å². The van der Waals surface area contributed by atoms with Crippen molar-refractivity contribution in [2.45, 2.75) is 45.3 Å². The standard InChI is InChI=1S/C14H23N3O2/c1-4-5-11-6-13(17-10-16-11)18-8-12-7-15-9-14(2,3)19-12/h6,10,12,15H,4-5,7-9H2,1-3H3. The van der Waals surface area contributed by atoms with Crippen LogP contribution in [0.3, 0.4) is 0 Å². The van der Waals surface area contributed by atoms with Gasteiger partial charge < -0.3 is 14.8 Å². The minimum atomic E-state index is -0.134. The van der Waals surface area contributed by atoms with Gasteiger partial charge in [0.1, 0.15) is 19.0 Å². The molecule has 19 heavy (non-hydrogen) atoms. The number of rotatable bonds is 5. The molecule has 5 nitrogen and oxygen atoms in total. The van der Waals surface area contributed by atoms with Crippen LogP contribution in [0, 0.1) is 0 Å². The van der Waals surface area contributed by atoms with Crippen molar-refractivity contribution in [2.75, 3.05) is 19.7 Å². The first kappa shape index (κ1) is 14.2. The zero-order chi connectivity index (χ0) is 13.7. The summed E-state index contributed by atoms with van der Waals surface area (Å²) >= 11 is 0. The summed E-state index contributed by atoms with van der Waals surface area (Å²) in [6.45, 7) is 8.49. The molecule has 1 N–H and O–H groups in total. The minimum Gasteiger partial charge on any atom is -0.475 e. The molecule has 1 aliphatic heterocycles. The van der Waals surface area contributed by atoms with Crippen LogP contribution in [0.25, 0.3) is 0 Å². The number of hydrogen-bond acceptors (Lipinski definition) is 5. The molecular weight excluding hydrogens is 242 g/mol. The van der Waals surface area contributed by atoms with Crippen molar-refractivity contribution in [3.63, 3.8) is 0 Å². The molecule has 0 amide bonds. The van der Waals surface area contributed by atoms with Crippen LogP contribution in [-0.4, -0.2) is 41.4 Å². The summed E-state index contributed by atoms with van der Waals surface area (Å²) in [6.07, 6.45) is 3.64. The van der Waals surface area contributed by atoms with Crippen molar-refractivity contribution in [3.8, 4) is 5.88 Å². The van der Waals surface area contributed by atoms with E-state index in [0.717, 1.165) is 31.6 Å². The van der Waals surface area contributed by atoms with Gasteiger partial charge >= 0.3 is 0 Å². The predicted molar refractivity (Wildman–Crippen MR) is 73.3 cm³/mol. The summed E-state index contributed by atoms with van der Waals surface area (Å²) in [6, 6.07) is 1.91. The van der Waals surface area contributed by atoms with E-state index in [-0.39, 0.29) is 11.7 Å². The average Bonchev–Trinajstić information content (AvgIpc) is 2.36. The Morgan fingerprint density at radius 2 is 2.32 bits per heavy atom. The van der Waals surface area contributed by atoms with E-state index in [1.165, 1.54) is 0 Å². The van der Waals surface area contributed by atoms with Crippen LogP contribution < -0.4 is 10.1 Å². The van der Waals surface area contributed by atoms with Gasteiger partial charge in [-0.25, -0.2) is 9.97 Å². The summed E-state index contributed by atoms with van der Waals surface area (Å²) in [5.74, 6) is 0.630. The van der Waals surface area contributed by atoms with Crippen LogP contribution in [0.5, 0.6) is 5.88 Å². The van der Waals surface area contributed by atoms with E-state index >= 15 is 0 Å². The van der Waals surface area contributed by atoms with Crippen LogP contribution in [0.4, 0.5) is 0 Å². The Kier molecular flexibility index (Phi) is 4.71. The molecule has 0 bridgehead atoms. The fraction of sp³-hybridized carbons (Fsp3) is 0.714. The Balaban J connectivity index is 1.86. The lowest BCUT2D eigenvalue weighted by Gasteiger charge is -2.36. The number of nitrogens with one attached hydrogen (secondary N) is 1. The highest BCUT2D eigenvalue weighted by molar-refractivity contribution is 5.13. The van der Waals surface area contributed by atoms with E-state index in [2.05, 4.69) is 36.1 Å². The average molecular weight is 265 g/mol. The molecule has 1 atom stereocenters. The molecule has 2 rings (SSSR count). The van der Waals surface area contributed by atoms with Gasteiger partial charge in [0.2, 0.25) is 5.88 Å². The predicted octanol–water partition coefficient (Wildman–Crippen LogP) is 1.57. The maximum atomic E-state index is 5.94. The molecule has 0 spiro atoms. The second-order valence-corrected chi connectivity index (χ2v) is 5.54. The maximum absolute atomic E-state index is 5.94. The van der Waals surface area contributed by atoms with E-state index in [1.807, 2.05) is 6.07 Å². The van der Waals surface area contributed by atoms with Crippen molar-refractivity contribution in [1.29, 1.82) is 0 Å². The first-order chi connectivity index (χ1) is 9.09. The molecular formula is C14H23N3O2. The second kappa shape index (κ2) is 6.30. The normalized spacial score (nSPS) is 22.2. The van der Waals surface area contributed by atoms with Gasteiger partial charge in [0.15, 0.2) is 0 Å². The van der Waals surface area contributed by atoms with Gasteiger partial charge in [-0.2, -0.15) is 0 Å². The Labute approximate surface area is 114 Å². The van der Waals surface area contributed by atoms with E-state index < -0.39 is 0 Å². The van der Waals surface area contributed by atoms with Crippen LogP contribution >= 0.6 is 0 Å². The van der Waals surface area contributed by atoms with Crippen molar-refractivity contribution >= 4 is 0 Å². The zero-order valence-electron chi connectivity index (χ0n) is 12.0. The van der Waals surface area contributed by atoms with Crippen molar-refractivity contribution in [1.82, 2.24) is 15.3 Å². The SMILES string of the molecule is CCCc1cc(OCC2CNCC(C)(C)O2)ncn1. The van der Waals surface area contributed by atoms with Crippen molar-refractivity contribution in [2.24, 2.45) is 0 Å². The molecule has 1 aromatic rings. The first-order valence-electron chi connectivity index (χ1n) is 6.91. The third-order valence-corrected chi connectivity index (χ3v) is 3.03. The van der Waals surface area contributed by atoms with Crippen LogP contribution in [0.2, 0.25) is 0 Å². The molecule has 0 saturated carbocycles. The quantitative estimate of drug-likeness (QED) is 0.876.